The summed E-state index contributed by atoms with van der Waals surface area (Å²) in [7, 11) is 1.65. The van der Waals surface area contributed by atoms with Crippen molar-refractivity contribution in [2.24, 2.45) is 5.92 Å². The van der Waals surface area contributed by atoms with Crippen LogP contribution in [-0.4, -0.2) is 46.1 Å². The zero-order valence-electron chi connectivity index (χ0n) is 20.5. The highest BCUT2D eigenvalue weighted by atomic mass is 16.5. The molecule has 178 valence electrons. The Bertz CT molecular complexity index is 984. The molecule has 0 amide bonds. The van der Waals surface area contributed by atoms with Gasteiger partial charge in [-0.2, -0.15) is 5.10 Å². The first-order valence-corrected chi connectivity index (χ1v) is 11.8. The molecule has 1 unspecified atom stereocenters. The van der Waals surface area contributed by atoms with Crippen molar-refractivity contribution in [1.29, 1.82) is 0 Å². The lowest BCUT2D eigenvalue weighted by Crippen LogP contribution is -2.34. The molecule has 0 bridgehead atoms. The van der Waals surface area contributed by atoms with Crippen LogP contribution in [-0.2, 0) is 13.0 Å². The highest BCUT2D eigenvalue weighted by Gasteiger charge is 2.24. The number of hydrogen-bond acceptors (Lipinski definition) is 5. The van der Waals surface area contributed by atoms with Crippen molar-refractivity contribution in [2.45, 2.75) is 53.2 Å². The van der Waals surface area contributed by atoms with E-state index in [1.165, 1.54) is 0 Å². The van der Waals surface area contributed by atoms with Crippen LogP contribution in [0.15, 0.2) is 54.6 Å². The number of rotatable bonds is 12. The summed E-state index contributed by atoms with van der Waals surface area (Å²) in [6, 6.07) is 17.7. The molecule has 0 saturated carbocycles. The Morgan fingerprint density at radius 2 is 1.64 bits per heavy atom. The van der Waals surface area contributed by atoms with Gasteiger partial charge in [0.15, 0.2) is 0 Å². The number of benzene rings is 2. The predicted octanol–water partition coefficient (Wildman–Crippen LogP) is 5.46. The summed E-state index contributed by atoms with van der Waals surface area (Å²) in [5.41, 5.74) is 3.01. The minimum atomic E-state index is -0.357. The van der Waals surface area contributed by atoms with Crippen LogP contribution < -0.4 is 9.47 Å². The molecule has 2 aromatic carbocycles. The lowest BCUT2D eigenvalue weighted by atomic mass is 10.1. The molecular formula is C27H37N3O3. The van der Waals surface area contributed by atoms with Gasteiger partial charge in [-0.25, -0.2) is 4.68 Å². The fourth-order valence-electron chi connectivity index (χ4n) is 3.90. The lowest BCUT2D eigenvalue weighted by Gasteiger charge is -2.26. The maximum atomic E-state index is 10.4. The van der Waals surface area contributed by atoms with Crippen molar-refractivity contribution in [2.75, 3.05) is 20.2 Å². The lowest BCUT2D eigenvalue weighted by molar-refractivity contribution is 0.0980. The van der Waals surface area contributed by atoms with Gasteiger partial charge in [-0.1, -0.05) is 45.9 Å². The highest BCUT2D eigenvalue weighted by Crippen LogP contribution is 2.33. The fraction of sp³-hybridized carbons (Fsp3) is 0.444. The first-order valence-electron chi connectivity index (χ1n) is 11.8. The summed E-state index contributed by atoms with van der Waals surface area (Å²) >= 11 is 0. The van der Waals surface area contributed by atoms with Gasteiger partial charge in [-0.3, -0.25) is 4.90 Å². The number of aliphatic hydroxyl groups excluding tert-OH is 1. The molecule has 0 aliphatic carbocycles. The second kappa shape index (κ2) is 11.9. The van der Waals surface area contributed by atoms with Crippen molar-refractivity contribution in [3.8, 4) is 23.1 Å². The van der Waals surface area contributed by atoms with E-state index in [1.54, 1.807) is 7.11 Å². The van der Waals surface area contributed by atoms with Gasteiger partial charge in [0.2, 0.25) is 5.88 Å². The molecule has 6 nitrogen and oxygen atoms in total. The molecule has 1 atom stereocenters. The number of aryl methyl sites for hydroxylation is 1. The normalized spacial score (nSPS) is 12.4. The Morgan fingerprint density at radius 3 is 2.21 bits per heavy atom. The number of para-hydroxylation sites is 1. The molecule has 3 aromatic rings. The first kappa shape index (κ1) is 24.8. The highest BCUT2D eigenvalue weighted by molar-refractivity contribution is 5.44. The van der Waals surface area contributed by atoms with Crippen molar-refractivity contribution in [3.05, 3.63) is 65.9 Å². The van der Waals surface area contributed by atoms with Crippen LogP contribution in [0.3, 0.4) is 0 Å². The van der Waals surface area contributed by atoms with Crippen LogP contribution in [0, 0.1) is 5.92 Å². The van der Waals surface area contributed by atoms with Gasteiger partial charge in [-0.05, 0) is 55.2 Å². The topological polar surface area (TPSA) is 59.8 Å². The molecule has 3 rings (SSSR count). The summed E-state index contributed by atoms with van der Waals surface area (Å²) < 4.78 is 13.7. The number of aliphatic hydroxyl groups is 1. The molecule has 1 aromatic heterocycles. The van der Waals surface area contributed by atoms with Crippen LogP contribution in [0.1, 0.15) is 45.4 Å². The van der Waals surface area contributed by atoms with Gasteiger partial charge in [0.25, 0.3) is 0 Å². The van der Waals surface area contributed by atoms with E-state index in [9.17, 15) is 5.11 Å². The van der Waals surface area contributed by atoms with E-state index >= 15 is 0 Å². The average molecular weight is 452 g/mol. The van der Waals surface area contributed by atoms with Gasteiger partial charge < -0.3 is 14.6 Å². The second-order valence-corrected chi connectivity index (χ2v) is 8.76. The molecule has 0 radical (unpaired) electrons. The summed E-state index contributed by atoms with van der Waals surface area (Å²) in [5, 5.41) is 15.3. The van der Waals surface area contributed by atoms with E-state index in [4.69, 9.17) is 14.6 Å². The van der Waals surface area contributed by atoms with Crippen LogP contribution in [0.2, 0.25) is 0 Å². The maximum absolute atomic E-state index is 10.4. The number of nitrogens with zero attached hydrogens (tertiary/aromatic N) is 3. The van der Waals surface area contributed by atoms with Crippen LogP contribution >= 0.6 is 0 Å². The smallest absolute Gasteiger partial charge is 0.227 e. The van der Waals surface area contributed by atoms with Gasteiger partial charge in [0.05, 0.1) is 30.2 Å². The summed E-state index contributed by atoms with van der Waals surface area (Å²) in [5.74, 6) is 2.70. The van der Waals surface area contributed by atoms with E-state index in [0.717, 1.165) is 47.8 Å². The van der Waals surface area contributed by atoms with Gasteiger partial charge >= 0.3 is 0 Å². The molecule has 0 fully saturated rings. The standard InChI is InChI=1S/C27H37N3O3/c1-6-22(31)18-29(17-20(3)4)19-25-26(7-2)28-30(21-11-9-8-10-12-21)27(25)33-24-15-13-23(32-5)14-16-24/h8-16,20,22,31H,6-7,17-19H2,1-5H3. The van der Waals surface area contributed by atoms with Crippen molar-refractivity contribution >= 4 is 0 Å². The number of ether oxygens (including phenoxy) is 2. The van der Waals surface area contributed by atoms with Crippen molar-refractivity contribution in [1.82, 2.24) is 14.7 Å². The molecular weight excluding hydrogens is 414 g/mol. The van der Waals surface area contributed by atoms with Gasteiger partial charge in [0.1, 0.15) is 11.5 Å². The first-order chi connectivity index (χ1) is 15.9. The molecule has 0 aliphatic heterocycles. The third kappa shape index (κ3) is 6.59. The summed E-state index contributed by atoms with van der Waals surface area (Å²) in [6.45, 7) is 10.7. The quantitative estimate of drug-likeness (QED) is 0.396. The van der Waals surface area contributed by atoms with Gasteiger partial charge in [0, 0.05) is 19.6 Å². The van der Waals surface area contributed by atoms with Gasteiger partial charge in [-0.15, -0.1) is 0 Å². The molecule has 33 heavy (non-hydrogen) atoms. The Balaban J connectivity index is 2.05. The number of hydrogen-bond donors (Lipinski definition) is 1. The summed E-state index contributed by atoms with van der Waals surface area (Å²) in [6.07, 6.45) is 1.16. The molecule has 1 heterocycles. The van der Waals surface area contributed by atoms with Crippen LogP contribution in [0.25, 0.3) is 5.69 Å². The number of methoxy groups -OCH3 is 1. The zero-order chi connectivity index (χ0) is 23.8. The third-order valence-corrected chi connectivity index (χ3v) is 5.57. The molecule has 0 spiro atoms. The van der Waals surface area contributed by atoms with Crippen molar-refractivity contribution in [3.63, 3.8) is 0 Å². The predicted molar refractivity (Wildman–Crippen MR) is 132 cm³/mol. The van der Waals surface area contributed by atoms with E-state index < -0.39 is 0 Å². The maximum Gasteiger partial charge on any atom is 0.227 e. The van der Waals surface area contributed by atoms with Crippen LogP contribution in [0.5, 0.6) is 17.4 Å². The largest absolute Gasteiger partial charge is 0.497 e. The monoisotopic (exact) mass is 451 g/mol. The average Bonchev–Trinajstić information content (AvgIpc) is 3.16. The Morgan fingerprint density at radius 1 is 0.970 bits per heavy atom. The second-order valence-electron chi connectivity index (χ2n) is 8.76. The minimum Gasteiger partial charge on any atom is -0.497 e. The van der Waals surface area contributed by atoms with Crippen LogP contribution in [0.4, 0.5) is 0 Å². The molecule has 1 N–H and O–H groups in total. The van der Waals surface area contributed by atoms with Crippen molar-refractivity contribution < 1.29 is 14.6 Å². The molecule has 6 heteroatoms. The van der Waals surface area contributed by atoms with E-state index in [-0.39, 0.29) is 6.10 Å². The van der Waals surface area contributed by atoms with E-state index in [0.29, 0.717) is 24.9 Å². The fourth-order valence-corrected chi connectivity index (χ4v) is 3.90. The minimum absolute atomic E-state index is 0.357. The number of aromatic nitrogens is 2. The zero-order valence-corrected chi connectivity index (χ0v) is 20.5. The third-order valence-electron chi connectivity index (χ3n) is 5.57. The SMILES string of the molecule is CCc1nn(-c2ccccc2)c(Oc2ccc(OC)cc2)c1CN(CC(C)C)CC(O)CC. The van der Waals surface area contributed by atoms with E-state index in [1.807, 2.05) is 66.2 Å². The Hall–Kier alpha value is -2.83. The summed E-state index contributed by atoms with van der Waals surface area (Å²) in [4.78, 5) is 2.31. The molecule has 0 aliphatic rings. The van der Waals surface area contributed by atoms with E-state index in [2.05, 4.69) is 25.7 Å². The Kier molecular flexibility index (Phi) is 8.92. The molecule has 0 saturated heterocycles. The Labute approximate surface area is 197 Å².